The summed E-state index contributed by atoms with van der Waals surface area (Å²) in [5.74, 6) is 1.73. The third kappa shape index (κ3) is 4.72. The fourth-order valence-electron chi connectivity index (χ4n) is 3.89. The van der Waals surface area contributed by atoms with Crippen molar-refractivity contribution in [3.05, 3.63) is 58.6 Å². The first-order chi connectivity index (χ1) is 15.5. The fraction of sp³-hybridized carbons (Fsp3) is 0.348. The predicted molar refractivity (Wildman–Crippen MR) is 126 cm³/mol. The number of methoxy groups -OCH3 is 1. The number of halogens is 1. The standard InChI is InChI=1S/C23H25BrN6O2/c1-14(18-11-21(32-3)27-12-19(18)24)23(31)30-10-7-16(13-30)29-20-6-5-17(15(2)28-20)22-25-8-4-9-26-22/h4-6,8-9,11-12,14,16H,7,10,13H2,1-3H3,(H,28,29)/t14-,16+/m1/s1. The minimum Gasteiger partial charge on any atom is -0.481 e. The number of nitrogens with one attached hydrogen (secondary N) is 1. The molecule has 0 aromatic carbocycles. The van der Waals surface area contributed by atoms with Gasteiger partial charge in [-0.2, -0.15) is 0 Å². The van der Waals surface area contributed by atoms with Gasteiger partial charge in [-0.3, -0.25) is 4.79 Å². The number of amides is 1. The minimum atomic E-state index is -0.300. The number of hydrogen-bond donors (Lipinski definition) is 1. The van der Waals surface area contributed by atoms with E-state index in [9.17, 15) is 4.79 Å². The van der Waals surface area contributed by atoms with Crippen molar-refractivity contribution in [2.24, 2.45) is 0 Å². The van der Waals surface area contributed by atoms with Crippen molar-refractivity contribution in [3.8, 4) is 17.3 Å². The van der Waals surface area contributed by atoms with Crippen LogP contribution in [0.4, 0.5) is 5.82 Å². The Balaban J connectivity index is 1.40. The number of rotatable bonds is 6. The average Bonchev–Trinajstić information content (AvgIpc) is 3.27. The summed E-state index contributed by atoms with van der Waals surface area (Å²) in [4.78, 5) is 32.5. The Morgan fingerprint density at radius 2 is 2.06 bits per heavy atom. The Bertz CT molecular complexity index is 1110. The molecule has 1 fully saturated rings. The van der Waals surface area contributed by atoms with Crippen molar-refractivity contribution >= 4 is 27.7 Å². The molecule has 8 nitrogen and oxygen atoms in total. The predicted octanol–water partition coefficient (Wildman–Crippen LogP) is 3.83. The summed E-state index contributed by atoms with van der Waals surface area (Å²) in [7, 11) is 1.57. The number of aromatic nitrogens is 4. The highest BCUT2D eigenvalue weighted by atomic mass is 79.9. The number of likely N-dealkylation sites (tertiary alicyclic amines) is 1. The number of anilines is 1. The summed E-state index contributed by atoms with van der Waals surface area (Å²) in [6, 6.07) is 7.66. The SMILES string of the molecule is COc1cc([C@@H](C)C(=O)N2CC[C@H](Nc3ccc(-c4ncccn4)c(C)n3)C2)c(Br)cn1. The van der Waals surface area contributed by atoms with Gasteiger partial charge >= 0.3 is 0 Å². The quantitative estimate of drug-likeness (QED) is 0.554. The maximum atomic E-state index is 13.1. The molecule has 0 unspecified atom stereocenters. The third-order valence-electron chi connectivity index (χ3n) is 5.65. The summed E-state index contributed by atoms with van der Waals surface area (Å²) in [5, 5.41) is 3.47. The summed E-state index contributed by atoms with van der Waals surface area (Å²) >= 11 is 3.50. The minimum absolute atomic E-state index is 0.0870. The number of ether oxygens (including phenoxy) is 1. The van der Waals surface area contributed by atoms with E-state index in [-0.39, 0.29) is 17.9 Å². The van der Waals surface area contributed by atoms with Crippen LogP contribution in [0, 0.1) is 6.92 Å². The average molecular weight is 497 g/mol. The Morgan fingerprint density at radius 1 is 1.28 bits per heavy atom. The van der Waals surface area contributed by atoms with Crippen LogP contribution in [0.5, 0.6) is 5.88 Å². The van der Waals surface area contributed by atoms with E-state index in [1.54, 1.807) is 31.8 Å². The zero-order chi connectivity index (χ0) is 22.7. The molecule has 9 heteroatoms. The van der Waals surface area contributed by atoms with E-state index in [2.05, 4.69) is 41.2 Å². The van der Waals surface area contributed by atoms with Crippen molar-refractivity contribution < 1.29 is 9.53 Å². The van der Waals surface area contributed by atoms with E-state index < -0.39 is 0 Å². The molecular formula is C23H25BrN6O2. The molecule has 32 heavy (non-hydrogen) atoms. The molecular weight excluding hydrogens is 472 g/mol. The van der Waals surface area contributed by atoms with Crippen LogP contribution in [0.1, 0.15) is 30.5 Å². The third-order valence-corrected chi connectivity index (χ3v) is 6.31. The molecule has 1 amide bonds. The van der Waals surface area contributed by atoms with Crippen LogP contribution in [0.15, 0.2) is 47.3 Å². The van der Waals surface area contributed by atoms with Gasteiger partial charge in [-0.25, -0.2) is 19.9 Å². The van der Waals surface area contributed by atoms with Crippen LogP contribution in [0.2, 0.25) is 0 Å². The lowest BCUT2D eigenvalue weighted by Gasteiger charge is -2.22. The van der Waals surface area contributed by atoms with Crippen LogP contribution in [0.3, 0.4) is 0 Å². The van der Waals surface area contributed by atoms with Crippen molar-refractivity contribution in [1.82, 2.24) is 24.8 Å². The number of pyridine rings is 2. The number of carbonyl (C=O) groups is 1. The van der Waals surface area contributed by atoms with Crippen LogP contribution < -0.4 is 10.1 Å². The van der Waals surface area contributed by atoms with Crippen molar-refractivity contribution in [3.63, 3.8) is 0 Å². The maximum absolute atomic E-state index is 13.1. The van der Waals surface area contributed by atoms with E-state index in [0.29, 0.717) is 24.8 Å². The van der Waals surface area contributed by atoms with Crippen molar-refractivity contribution in [2.75, 3.05) is 25.5 Å². The molecule has 3 aromatic heterocycles. The first-order valence-electron chi connectivity index (χ1n) is 10.5. The number of nitrogens with zero attached hydrogens (tertiary/aromatic N) is 5. The van der Waals surface area contributed by atoms with Crippen LogP contribution in [0.25, 0.3) is 11.4 Å². The molecule has 166 valence electrons. The highest BCUT2D eigenvalue weighted by Crippen LogP contribution is 2.30. The molecule has 1 aliphatic heterocycles. The Morgan fingerprint density at radius 3 is 2.78 bits per heavy atom. The zero-order valence-corrected chi connectivity index (χ0v) is 19.8. The lowest BCUT2D eigenvalue weighted by Crippen LogP contribution is -2.34. The molecule has 1 saturated heterocycles. The number of aryl methyl sites for hydroxylation is 1. The van der Waals surface area contributed by atoms with E-state index in [0.717, 1.165) is 33.5 Å². The van der Waals surface area contributed by atoms with Gasteiger partial charge in [-0.1, -0.05) is 0 Å². The molecule has 4 rings (SSSR count). The van der Waals surface area contributed by atoms with E-state index in [1.807, 2.05) is 36.9 Å². The normalized spacial score (nSPS) is 16.6. The molecule has 3 aromatic rings. The van der Waals surface area contributed by atoms with Crippen LogP contribution >= 0.6 is 15.9 Å². The lowest BCUT2D eigenvalue weighted by atomic mass is 10.0. The lowest BCUT2D eigenvalue weighted by molar-refractivity contribution is -0.131. The van der Waals surface area contributed by atoms with Crippen molar-refractivity contribution in [2.45, 2.75) is 32.2 Å². The van der Waals surface area contributed by atoms with Gasteiger partial charge in [0.2, 0.25) is 11.8 Å². The van der Waals surface area contributed by atoms with Gasteiger partial charge in [0.05, 0.1) is 18.7 Å². The van der Waals surface area contributed by atoms with Gasteiger partial charge in [-0.15, -0.1) is 0 Å². The van der Waals surface area contributed by atoms with Crippen LogP contribution in [-0.4, -0.2) is 57.0 Å². The van der Waals surface area contributed by atoms with Gasteiger partial charge in [0.25, 0.3) is 0 Å². The second kappa shape index (κ2) is 9.60. The van der Waals surface area contributed by atoms with Gasteiger partial charge < -0.3 is 15.0 Å². The van der Waals surface area contributed by atoms with E-state index >= 15 is 0 Å². The highest BCUT2D eigenvalue weighted by molar-refractivity contribution is 9.10. The zero-order valence-electron chi connectivity index (χ0n) is 18.2. The molecule has 0 radical (unpaired) electrons. The first kappa shape index (κ1) is 22.1. The van der Waals surface area contributed by atoms with Crippen LogP contribution in [-0.2, 0) is 4.79 Å². The number of hydrogen-bond acceptors (Lipinski definition) is 7. The molecule has 0 saturated carbocycles. The number of carbonyl (C=O) groups excluding carboxylic acids is 1. The molecule has 1 N–H and O–H groups in total. The molecule has 0 spiro atoms. The molecule has 2 atom stereocenters. The maximum Gasteiger partial charge on any atom is 0.229 e. The summed E-state index contributed by atoms with van der Waals surface area (Å²) in [5.41, 5.74) is 2.64. The Hall–Kier alpha value is -3.07. The smallest absolute Gasteiger partial charge is 0.229 e. The summed E-state index contributed by atoms with van der Waals surface area (Å²) in [6.07, 6.45) is 5.98. The summed E-state index contributed by atoms with van der Waals surface area (Å²) < 4.78 is 6.01. The van der Waals surface area contributed by atoms with Gasteiger partial charge in [0.15, 0.2) is 5.82 Å². The monoisotopic (exact) mass is 496 g/mol. The first-order valence-corrected chi connectivity index (χ1v) is 11.3. The topological polar surface area (TPSA) is 93.1 Å². The van der Waals surface area contributed by atoms with Gasteiger partial charge in [-0.05, 0) is 60.0 Å². The van der Waals surface area contributed by atoms with Crippen molar-refractivity contribution in [1.29, 1.82) is 0 Å². The Labute approximate surface area is 195 Å². The van der Waals surface area contributed by atoms with E-state index in [4.69, 9.17) is 4.74 Å². The second-order valence-electron chi connectivity index (χ2n) is 7.79. The second-order valence-corrected chi connectivity index (χ2v) is 8.64. The largest absolute Gasteiger partial charge is 0.481 e. The molecule has 1 aliphatic rings. The Kier molecular flexibility index (Phi) is 6.64. The van der Waals surface area contributed by atoms with Gasteiger partial charge in [0.1, 0.15) is 5.82 Å². The molecule has 0 bridgehead atoms. The molecule has 0 aliphatic carbocycles. The summed E-state index contributed by atoms with van der Waals surface area (Å²) in [6.45, 7) is 5.20. The fourth-order valence-corrected chi connectivity index (χ4v) is 4.45. The molecule has 4 heterocycles. The highest BCUT2D eigenvalue weighted by Gasteiger charge is 2.31. The van der Waals surface area contributed by atoms with E-state index in [1.165, 1.54) is 0 Å². The van der Waals surface area contributed by atoms with Gasteiger partial charge in [0, 0.05) is 53.8 Å².